The number of epoxide rings is 1. The van der Waals surface area contributed by atoms with Gasteiger partial charge in [-0.05, 0) is 82.2 Å². The summed E-state index contributed by atoms with van der Waals surface area (Å²) in [6.45, 7) is 0.664. The molecule has 1 unspecified atom stereocenters. The number of para-hydroxylation sites is 2. The van der Waals surface area contributed by atoms with Gasteiger partial charge in [-0.2, -0.15) is 0 Å². The minimum absolute atomic E-state index is 0.166. The van der Waals surface area contributed by atoms with Gasteiger partial charge in [0.05, 0.1) is 29.1 Å². The van der Waals surface area contributed by atoms with Crippen LogP contribution in [0.5, 0.6) is 0 Å². The van der Waals surface area contributed by atoms with E-state index < -0.39 is 6.10 Å². The van der Waals surface area contributed by atoms with E-state index in [1.54, 1.807) is 41.3 Å². The maximum atomic E-state index is 13.2. The highest BCUT2D eigenvalue weighted by Gasteiger charge is 2.35. The number of hydrogen-bond donors (Lipinski definition) is 2. The Balaban J connectivity index is 0.000000300. The van der Waals surface area contributed by atoms with Crippen molar-refractivity contribution in [3.8, 4) is 0 Å². The fraction of sp³-hybridized carbons (Fsp3) is 0.0968. The van der Waals surface area contributed by atoms with Crippen LogP contribution in [0.15, 0.2) is 102 Å². The molecule has 1 aliphatic heterocycles. The van der Waals surface area contributed by atoms with Crippen LogP contribution in [0.25, 0.3) is 10.2 Å². The third-order valence-electron chi connectivity index (χ3n) is 6.17. The Bertz CT molecular complexity index is 1680. The number of aromatic nitrogens is 1. The number of nitrogens with one attached hydrogen (secondary N) is 2. The SMILES string of the molecule is O=C(Nc1nc2ccccc2s1)c1ccc(N(Cc2ccc(F)cc2)C(=O)C2CO2)cc1.O=CNc1ccccc1Br. The van der Waals surface area contributed by atoms with Gasteiger partial charge in [-0.3, -0.25) is 19.7 Å². The molecule has 2 N–H and O–H groups in total. The number of anilines is 3. The van der Waals surface area contributed by atoms with Crippen LogP contribution >= 0.6 is 27.3 Å². The standard InChI is InChI=1S/C24H18FN3O3S.C7H6BrNO/c25-17-9-5-15(6-10-17)13-28(23(30)20-14-31-20)18-11-7-16(8-12-18)22(29)27-24-26-19-3-1-2-4-21(19)32-24;8-6-3-1-2-4-7(6)9-5-10/h1-12,20H,13-14H2,(H,26,27,29);1-5H,(H,9,10). The average Bonchev–Trinajstić information content (AvgIpc) is 3.78. The molecule has 8 nitrogen and oxygen atoms in total. The van der Waals surface area contributed by atoms with E-state index in [0.717, 1.165) is 25.9 Å². The Morgan fingerprint density at radius 2 is 1.69 bits per heavy atom. The van der Waals surface area contributed by atoms with Crippen molar-refractivity contribution in [2.24, 2.45) is 0 Å². The number of nitrogens with zero attached hydrogens (tertiary/aromatic N) is 2. The monoisotopic (exact) mass is 646 g/mol. The Morgan fingerprint density at radius 1 is 1.00 bits per heavy atom. The highest BCUT2D eigenvalue weighted by molar-refractivity contribution is 9.10. The summed E-state index contributed by atoms with van der Waals surface area (Å²) in [5, 5.41) is 5.90. The Hall–Kier alpha value is -4.45. The first-order chi connectivity index (χ1) is 20.4. The summed E-state index contributed by atoms with van der Waals surface area (Å²) in [6.07, 6.45) is 0.192. The second-order valence-corrected chi connectivity index (χ2v) is 11.0. The molecule has 212 valence electrons. The average molecular weight is 648 g/mol. The van der Waals surface area contributed by atoms with Crippen LogP contribution in [0.1, 0.15) is 15.9 Å². The fourth-order valence-corrected chi connectivity index (χ4v) is 5.22. The summed E-state index contributed by atoms with van der Waals surface area (Å²) in [4.78, 5) is 41.4. The normalized spacial score (nSPS) is 13.4. The van der Waals surface area contributed by atoms with Crippen molar-refractivity contribution in [2.45, 2.75) is 12.6 Å². The lowest BCUT2D eigenvalue weighted by Crippen LogP contribution is -2.34. The second-order valence-electron chi connectivity index (χ2n) is 9.10. The van der Waals surface area contributed by atoms with Gasteiger partial charge < -0.3 is 15.0 Å². The van der Waals surface area contributed by atoms with Crippen LogP contribution in [0.2, 0.25) is 0 Å². The molecular formula is C31H24BrFN4O4S. The molecule has 11 heteroatoms. The molecule has 5 aromatic rings. The van der Waals surface area contributed by atoms with E-state index >= 15 is 0 Å². The maximum absolute atomic E-state index is 13.2. The van der Waals surface area contributed by atoms with Crippen molar-refractivity contribution in [2.75, 3.05) is 22.1 Å². The molecule has 0 aliphatic carbocycles. The number of carbonyl (C=O) groups excluding carboxylic acids is 3. The first-order valence-electron chi connectivity index (χ1n) is 12.8. The highest BCUT2D eigenvalue weighted by Crippen LogP contribution is 2.27. The molecule has 4 aromatic carbocycles. The van der Waals surface area contributed by atoms with Crippen molar-refractivity contribution in [3.63, 3.8) is 0 Å². The van der Waals surface area contributed by atoms with Crippen molar-refractivity contribution in [1.29, 1.82) is 0 Å². The smallest absolute Gasteiger partial charge is 0.258 e. The van der Waals surface area contributed by atoms with Gasteiger partial charge in [0.1, 0.15) is 5.82 Å². The predicted molar refractivity (Wildman–Crippen MR) is 165 cm³/mol. The van der Waals surface area contributed by atoms with E-state index in [0.29, 0.717) is 29.4 Å². The first kappa shape index (κ1) is 29.1. The first-order valence-corrected chi connectivity index (χ1v) is 14.4. The number of thiazole rings is 1. The molecule has 0 radical (unpaired) electrons. The zero-order chi connectivity index (χ0) is 29.5. The molecule has 0 saturated carbocycles. The number of carbonyl (C=O) groups is 3. The number of rotatable bonds is 8. The van der Waals surface area contributed by atoms with Crippen LogP contribution < -0.4 is 15.5 Å². The zero-order valence-corrected chi connectivity index (χ0v) is 24.4. The summed E-state index contributed by atoms with van der Waals surface area (Å²) in [5.41, 5.74) is 3.49. The second kappa shape index (κ2) is 13.5. The molecule has 2 heterocycles. The highest BCUT2D eigenvalue weighted by atomic mass is 79.9. The molecule has 1 saturated heterocycles. The van der Waals surface area contributed by atoms with Gasteiger partial charge in [-0.1, -0.05) is 47.7 Å². The number of benzene rings is 4. The number of hydrogen-bond acceptors (Lipinski definition) is 6. The molecule has 1 fully saturated rings. The summed E-state index contributed by atoms with van der Waals surface area (Å²) in [5.74, 6) is -0.779. The number of ether oxygens (including phenoxy) is 1. The van der Waals surface area contributed by atoms with Gasteiger partial charge >= 0.3 is 0 Å². The van der Waals surface area contributed by atoms with Gasteiger partial charge in [0, 0.05) is 15.7 Å². The van der Waals surface area contributed by atoms with Gasteiger partial charge in [-0.25, -0.2) is 9.37 Å². The third-order valence-corrected chi connectivity index (χ3v) is 7.82. The number of halogens is 2. The molecule has 6 rings (SSSR count). The topological polar surface area (TPSA) is 104 Å². The van der Waals surface area contributed by atoms with Crippen molar-refractivity contribution >= 4 is 72.2 Å². The minimum atomic E-state index is -0.461. The summed E-state index contributed by atoms with van der Waals surface area (Å²) in [6, 6.07) is 27.9. The van der Waals surface area contributed by atoms with E-state index in [9.17, 15) is 18.8 Å². The largest absolute Gasteiger partial charge is 0.363 e. The fourth-order valence-electron chi connectivity index (χ4n) is 3.96. The van der Waals surface area contributed by atoms with E-state index in [2.05, 4.69) is 31.5 Å². The quantitative estimate of drug-likeness (QED) is 0.145. The summed E-state index contributed by atoms with van der Waals surface area (Å²) < 4.78 is 20.3. The van der Waals surface area contributed by atoms with Crippen LogP contribution in [0.3, 0.4) is 0 Å². The lowest BCUT2D eigenvalue weighted by atomic mass is 10.1. The Kier molecular flexibility index (Phi) is 9.32. The van der Waals surface area contributed by atoms with E-state index in [4.69, 9.17) is 4.74 Å². The van der Waals surface area contributed by atoms with E-state index in [1.165, 1.54) is 23.5 Å². The zero-order valence-electron chi connectivity index (χ0n) is 22.0. The van der Waals surface area contributed by atoms with Crippen molar-refractivity contribution in [3.05, 3.63) is 118 Å². The van der Waals surface area contributed by atoms with Crippen molar-refractivity contribution < 1.29 is 23.5 Å². The summed E-state index contributed by atoms with van der Waals surface area (Å²) >= 11 is 4.68. The molecule has 1 aromatic heterocycles. The molecule has 42 heavy (non-hydrogen) atoms. The molecule has 1 aliphatic rings. The van der Waals surface area contributed by atoms with Crippen LogP contribution in [0.4, 0.5) is 20.9 Å². The van der Waals surface area contributed by atoms with Gasteiger partial charge in [0.15, 0.2) is 11.2 Å². The lowest BCUT2D eigenvalue weighted by molar-refractivity contribution is -0.119. The molecule has 3 amide bonds. The number of amides is 3. The lowest BCUT2D eigenvalue weighted by Gasteiger charge is -2.22. The van der Waals surface area contributed by atoms with Crippen molar-refractivity contribution in [1.82, 2.24) is 4.98 Å². The van der Waals surface area contributed by atoms with E-state index in [1.807, 2.05) is 48.5 Å². The molecule has 1 atom stereocenters. The summed E-state index contributed by atoms with van der Waals surface area (Å²) in [7, 11) is 0. The van der Waals surface area contributed by atoms with Crippen LogP contribution in [-0.4, -0.2) is 35.9 Å². The van der Waals surface area contributed by atoms with Crippen LogP contribution in [0, 0.1) is 5.82 Å². The minimum Gasteiger partial charge on any atom is -0.363 e. The Morgan fingerprint density at radius 3 is 2.36 bits per heavy atom. The number of fused-ring (bicyclic) bond motifs is 1. The molecule has 0 bridgehead atoms. The molecular weight excluding hydrogens is 623 g/mol. The Labute approximate surface area is 253 Å². The van der Waals surface area contributed by atoms with Crippen LogP contribution in [-0.2, 0) is 20.9 Å². The van der Waals surface area contributed by atoms with Gasteiger partial charge in [-0.15, -0.1) is 0 Å². The maximum Gasteiger partial charge on any atom is 0.258 e. The van der Waals surface area contributed by atoms with Gasteiger partial charge in [0.2, 0.25) is 6.41 Å². The van der Waals surface area contributed by atoms with E-state index in [-0.39, 0.29) is 24.2 Å². The third kappa shape index (κ3) is 7.43. The predicted octanol–water partition coefficient (Wildman–Crippen LogP) is 6.64. The molecule has 0 spiro atoms. The van der Waals surface area contributed by atoms with Gasteiger partial charge in [0.25, 0.3) is 11.8 Å².